The minimum Gasteiger partial charge on any atom is -0.497 e. The quantitative estimate of drug-likeness (QED) is 0.780. The van der Waals surface area contributed by atoms with E-state index in [-0.39, 0.29) is 5.78 Å². The second-order valence-corrected chi connectivity index (χ2v) is 4.11. The van der Waals surface area contributed by atoms with Crippen LogP contribution in [0.3, 0.4) is 0 Å². The van der Waals surface area contributed by atoms with E-state index in [1.54, 1.807) is 26.4 Å². The maximum Gasteiger partial charge on any atom is 0.178 e. The molecular weight excluding hydrogens is 230 g/mol. The zero-order chi connectivity index (χ0) is 13.3. The van der Waals surface area contributed by atoms with Crippen LogP contribution in [0.2, 0.25) is 0 Å². The molecule has 0 fully saturated rings. The molecule has 2 rings (SSSR count). The molecule has 4 nitrogen and oxygen atoms in total. The van der Waals surface area contributed by atoms with E-state index >= 15 is 0 Å². The number of pyridine rings is 1. The van der Waals surface area contributed by atoms with Gasteiger partial charge in [-0.3, -0.25) is 4.79 Å². The van der Waals surface area contributed by atoms with Crippen LogP contribution in [0.25, 0.3) is 10.9 Å². The van der Waals surface area contributed by atoms with Gasteiger partial charge in [0.15, 0.2) is 5.78 Å². The second kappa shape index (κ2) is 4.64. The fourth-order valence-electron chi connectivity index (χ4n) is 1.89. The molecule has 0 bridgehead atoms. The highest BCUT2D eigenvalue weighted by Gasteiger charge is 2.12. The molecule has 0 aliphatic rings. The van der Waals surface area contributed by atoms with Gasteiger partial charge in [-0.1, -0.05) is 0 Å². The average molecular weight is 245 g/mol. The molecule has 94 valence electrons. The minimum absolute atomic E-state index is 0.0575. The predicted molar refractivity (Wildman–Crippen MR) is 69.6 cm³/mol. The fourth-order valence-corrected chi connectivity index (χ4v) is 1.89. The second-order valence-electron chi connectivity index (χ2n) is 4.11. The van der Waals surface area contributed by atoms with Gasteiger partial charge in [-0.15, -0.1) is 0 Å². The van der Waals surface area contributed by atoms with Gasteiger partial charge in [0.25, 0.3) is 0 Å². The van der Waals surface area contributed by atoms with Crippen LogP contribution in [-0.2, 0) is 0 Å². The number of hydrogen-bond donors (Lipinski definition) is 0. The van der Waals surface area contributed by atoms with Gasteiger partial charge >= 0.3 is 0 Å². The molecule has 2 aromatic rings. The van der Waals surface area contributed by atoms with E-state index in [9.17, 15) is 4.79 Å². The Balaban J connectivity index is 2.82. The van der Waals surface area contributed by atoms with Crippen molar-refractivity contribution in [3.8, 4) is 11.5 Å². The maximum atomic E-state index is 11.4. The van der Waals surface area contributed by atoms with Crippen molar-refractivity contribution in [1.82, 2.24) is 4.98 Å². The topological polar surface area (TPSA) is 48.4 Å². The van der Waals surface area contributed by atoms with Crippen molar-refractivity contribution in [2.24, 2.45) is 0 Å². The lowest BCUT2D eigenvalue weighted by molar-refractivity contribution is 0.101. The van der Waals surface area contributed by atoms with Crippen molar-refractivity contribution in [2.45, 2.75) is 13.8 Å². The number of ketones is 1. The van der Waals surface area contributed by atoms with Crippen molar-refractivity contribution in [2.75, 3.05) is 14.2 Å². The lowest BCUT2D eigenvalue weighted by Gasteiger charge is -2.11. The molecule has 0 N–H and O–H groups in total. The van der Waals surface area contributed by atoms with Crippen LogP contribution in [0, 0.1) is 6.92 Å². The number of hydrogen-bond acceptors (Lipinski definition) is 4. The first-order chi connectivity index (χ1) is 8.56. The SMILES string of the molecule is COc1cc(OC)c2nc(C(C)=O)cc(C)c2c1. The van der Waals surface area contributed by atoms with Crippen LogP contribution < -0.4 is 9.47 Å². The third-order valence-corrected chi connectivity index (χ3v) is 2.88. The highest BCUT2D eigenvalue weighted by molar-refractivity contribution is 5.97. The lowest BCUT2D eigenvalue weighted by Crippen LogP contribution is -2.00. The Morgan fingerprint density at radius 2 is 1.89 bits per heavy atom. The summed E-state index contributed by atoms with van der Waals surface area (Å²) in [5, 5.41) is 0.927. The molecule has 1 aromatic heterocycles. The van der Waals surface area contributed by atoms with Gasteiger partial charge in [0.2, 0.25) is 0 Å². The van der Waals surface area contributed by atoms with Crippen LogP contribution in [0.5, 0.6) is 11.5 Å². The number of aryl methyl sites for hydroxylation is 1. The first-order valence-corrected chi connectivity index (χ1v) is 5.61. The fraction of sp³-hybridized carbons (Fsp3) is 0.286. The molecule has 0 aliphatic carbocycles. The van der Waals surface area contributed by atoms with Gasteiger partial charge in [-0.2, -0.15) is 0 Å². The number of Topliss-reactive ketones (excluding diaryl/α,β-unsaturated/α-hetero) is 1. The molecule has 0 aliphatic heterocycles. The Morgan fingerprint density at radius 1 is 1.17 bits per heavy atom. The summed E-state index contributed by atoms with van der Waals surface area (Å²) >= 11 is 0. The summed E-state index contributed by atoms with van der Waals surface area (Å²) in [6.07, 6.45) is 0. The van der Waals surface area contributed by atoms with Crippen LogP contribution >= 0.6 is 0 Å². The molecule has 0 saturated carbocycles. The highest BCUT2D eigenvalue weighted by Crippen LogP contribution is 2.31. The van der Waals surface area contributed by atoms with Crippen molar-refractivity contribution in [3.05, 3.63) is 29.5 Å². The molecule has 4 heteroatoms. The summed E-state index contributed by atoms with van der Waals surface area (Å²) in [6.45, 7) is 3.44. The predicted octanol–water partition coefficient (Wildman–Crippen LogP) is 2.76. The van der Waals surface area contributed by atoms with Gasteiger partial charge in [-0.25, -0.2) is 4.98 Å². The number of aromatic nitrogens is 1. The van der Waals surface area contributed by atoms with Crippen LogP contribution in [0.4, 0.5) is 0 Å². The number of carbonyl (C=O) groups excluding carboxylic acids is 1. The van der Waals surface area contributed by atoms with E-state index < -0.39 is 0 Å². The van der Waals surface area contributed by atoms with E-state index in [0.717, 1.165) is 10.9 Å². The van der Waals surface area contributed by atoms with Crippen LogP contribution in [-0.4, -0.2) is 25.0 Å². The number of methoxy groups -OCH3 is 2. The normalized spacial score (nSPS) is 10.4. The molecule has 0 spiro atoms. The first-order valence-electron chi connectivity index (χ1n) is 5.61. The molecule has 0 atom stereocenters. The molecule has 1 heterocycles. The van der Waals surface area contributed by atoms with Crippen molar-refractivity contribution in [3.63, 3.8) is 0 Å². The molecule has 0 radical (unpaired) electrons. The van der Waals surface area contributed by atoms with Crippen molar-refractivity contribution < 1.29 is 14.3 Å². The van der Waals surface area contributed by atoms with E-state index in [1.807, 2.05) is 13.0 Å². The van der Waals surface area contributed by atoms with Crippen LogP contribution in [0.15, 0.2) is 18.2 Å². The summed E-state index contributed by atoms with van der Waals surface area (Å²) in [6, 6.07) is 5.44. The average Bonchev–Trinajstić information content (AvgIpc) is 2.37. The number of ether oxygens (including phenoxy) is 2. The zero-order valence-electron chi connectivity index (χ0n) is 10.9. The number of nitrogens with zero attached hydrogens (tertiary/aromatic N) is 1. The largest absolute Gasteiger partial charge is 0.497 e. The molecule has 0 unspecified atom stereocenters. The van der Waals surface area contributed by atoms with E-state index in [4.69, 9.17) is 9.47 Å². The van der Waals surface area contributed by atoms with Crippen LogP contribution in [0.1, 0.15) is 23.0 Å². The third kappa shape index (κ3) is 2.01. The standard InChI is InChI=1S/C14H15NO3/c1-8-5-12(9(2)16)15-14-11(8)6-10(17-3)7-13(14)18-4/h5-7H,1-4H3. The summed E-state index contributed by atoms with van der Waals surface area (Å²) in [4.78, 5) is 15.8. The summed E-state index contributed by atoms with van der Waals surface area (Å²) < 4.78 is 10.5. The Kier molecular flexibility index (Phi) is 3.19. The van der Waals surface area contributed by atoms with Crippen molar-refractivity contribution in [1.29, 1.82) is 0 Å². The zero-order valence-corrected chi connectivity index (χ0v) is 10.9. The summed E-state index contributed by atoms with van der Waals surface area (Å²) in [5.41, 5.74) is 2.11. The summed E-state index contributed by atoms with van der Waals surface area (Å²) in [5.74, 6) is 1.26. The van der Waals surface area contributed by atoms with Crippen molar-refractivity contribution >= 4 is 16.7 Å². The van der Waals surface area contributed by atoms with Gasteiger partial charge in [0.05, 0.1) is 14.2 Å². The molecular formula is C14H15NO3. The number of carbonyl (C=O) groups is 1. The Morgan fingerprint density at radius 3 is 2.44 bits per heavy atom. The summed E-state index contributed by atoms with van der Waals surface area (Å²) in [7, 11) is 3.18. The first kappa shape index (κ1) is 12.4. The lowest BCUT2D eigenvalue weighted by atomic mass is 10.1. The molecule has 0 amide bonds. The Labute approximate surface area is 106 Å². The van der Waals surface area contributed by atoms with Gasteiger partial charge in [-0.05, 0) is 24.6 Å². The minimum atomic E-state index is -0.0575. The maximum absolute atomic E-state index is 11.4. The van der Waals surface area contributed by atoms with E-state index in [1.165, 1.54) is 6.92 Å². The van der Waals surface area contributed by atoms with E-state index in [2.05, 4.69) is 4.98 Å². The van der Waals surface area contributed by atoms with Gasteiger partial charge < -0.3 is 9.47 Å². The number of fused-ring (bicyclic) bond motifs is 1. The van der Waals surface area contributed by atoms with Gasteiger partial charge in [0, 0.05) is 18.4 Å². The molecule has 1 aromatic carbocycles. The molecule has 18 heavy (non-hydrogen) atoms. The Bertz CT molecular complexity index is 620. The number of benzene rings is 1. The number of rotatable bonds is 3. The third-order valence-electron chi connectivity index (χ3n) is 2.88. The smallest absolute Gasteiger partial charge is 0.178 e. The molecule has 0 saturated heterocycles. The van der Waals surface area contributed by atoms with Gasteiger partial charge in [0.1, 0.15) is 22.7 Å². The monoisotopic (exact) mass is 245 g/mol. The van der Waals surface area contributed by atoms with E-state index in [0.29, 0.717) is 22.7 Å². The highest BCUT2D eigenvalue weighted by atomic mass is 16.5. The Hall–Kier alpha value is -2.10.